The fourth-order valence-electron chi connectivity index (χ4n) is 3.50. The molecule has 30 heavy (non-hydrogen) atoms. The number of anilines is 1. The fourth-order valence-corrected chi connectivity index (χ4v) is 3.50. The van der Waals surface area contributed by atoms with Crippen LogP contribution in [0.4, 0.5) is 5.69 Å². The molecule has 2 atom stereocenters. The second-order valence-corrected chi connectivity index (χ2v) is 7.14. The van der Waals surface area contributed by atoms with E-state index in [-0.39, 0.29) is 17.9 Å². The molecule has 3 aromatic rings. The first-order valence-corrected chi connectivity index (χ1v) is 10.0. The third-order valence-corrected chi connectivity index (χ3v) is 5.08. The van der Waals surface area contributed by atoms with Crippen LogP contribution in [0.3, 0.4) is 0 Å². The summed E-state index contributed by atoms with van der Waals surface area (Å²) in [5.41, 5.74) is 2.34. The number of amides is 1. The zero-order chi connectivity index (χ0) is 20.9. The predicted molar refractivity (Wildman–Crippen MR) is 109 cm³/mol. The molecule has 0 bridgehead atoms. The van der Waals surface area contributed by atoms with Gasteiger partial charge in [-0.2, -0.15) is 5.10 Å². The monoisotopic (exact) mass is 411 g/mol. The number of aromatic nitrogens is 4. The summed E-state index contributed by atoms with van der Waals surface area (Å²) in [6, 6.07) is 7.40. The Morgan fingerprint density at radius 2 is 2.27 bits per heavy atom. The number of carbonyl (C=O) groups excluding carboxylic acids is 1. The van der Waals surface area contributed by atoms with E-state index in [0.29, 0.717) is 50.1 Å². The zero-order valence-corrected chi connectivity index (χ0v) is 17.1. The van der Waals surface area contributed by atoms with Gasteiger partial charge >= 0.3 is 0 Å². The first-order chi connectivity index (χ1) is 14.7. The van der Waals surface area contributed by atoms with Crippen molar-refractivity contribution < 1.29 is 18.7 Å². The van der Waals surface area contributed by atoms with Crippen LogP contribution >= 0.6 is 0 Å². The number of benzene rings is 1. The quantitative estimate of drug-likeness (QED) is 0.608. The van der Waals surface area contributed by atoms with Crippen molar-refractivity contribution in [2.45, 2.75) is 32.4 Å². The maximum Gasteiger partial charge on any atom is 0.247 e. The molecule has 1 N–H and O–H groups in total. The van der Waals surface area contributed by atoms with Crippen molar-refractivity contribution in [1.82, 2.24) is 20.0 Å². The number of hydrogen-bond acceptors (Lipinski definition) is 7. The summed E-state index contributed by atoms with van der Waals surface area (Å²) >= 11 is 0. The van der Waals surface area contributed by atoms with Gasteiger partial charge in [-0.3, -0.25) is 9.48 Å². The lowest BCUT2D eigenvalue weighted by molar-refractivity contribution is -0.121. The van der Waals surface area contributed by atoms with E-state index in [4.69, 9.17) is 13.9 Å². The maximum absolute atomic E-state index is 13.0. The predicted octanol–water partition coefficient (Wildman–Crippen LogP) is 2.86. The molecule has 1 amide bonds. The van der Waals surface area contributed by atoms with Crippen LogP contribution < -0.4 is 5.32 Å². The summed E-state index contributed by atoms with van der Waals surface area (Å²) in [5.74, 6) is 0.646. The molecule has 0 spiro atoms. The van der Waals surface area contributed by atoms with E-state index < -0.39 is 0 Å². The number of methoxy groups -OCH3 is 1. The van der Waals surface area contributed by atoms with E-state index in [2.05, 4.69) is 20.6 Å². The van der Waals surface area contributed by atoms with Crippen LogP contribution in [-0.2, 0) is 27.2 Å². The van der Waals surface area contributed by atoms with E-state index in [9.17, 15) is 4.79 Å². The van der Waals surface area contributed by atoms with Crippen molar-refractivity contribution in [2.24, 2.45) is 5.92 Å². The molecule has 1 aliphatic rings. The molecular formula is C21H25N5O4. The number of hydrogen-bond donors (Lipinski definition) is 1. The molecule has 0 aliphatic carbocycles. The van der Waals surface area contributed by atoms with Gasteiger partial charge in [0.05, 0.1) is 31.4 Å². The van der Waals surface area contributed by atoms with Crippen LogP contribution in [0.5, 0.6) is 0 Å². The second-order valence-electron chi connectivity index (χ2n) is 7.14. The highest BCUT2D eigenvalue weighted by molar-refractivity contribution is 5.93. The number of rotatable bonds is 8. The van der Waals surface area contributed by atoms with Crippen LogP contribution in [0.25, 0.3) is 11.5 Å². The molecule has 9 heteroatoms. The Kier molecular flexibility index (Phi) is 6.20. The Labute approximate surface area is 174 Å². The largest absolute Gasteiger partial charge is 0.421 e. The maximum atomic E-state index is 13.0. The number of aryl methyl sites for hydroxylation is 1. The molecular weight excluding hydrogens is 386 g/mol. The molecule has 1 aromatic carbocycles. The summed E-state index contributed by atoms with van der Waals surface area (Å²) in [7, 11) is 1.65. The first-order valence-electron chi connectivity index (χ1n) is 10.0. The van der Waals surface area contributed by atoms with Gasteiger partial charge in [-0.25, -0.2) is 0 Å². The Morgan fingerprint density at radius 1 is 1.37 bits per heavy atom. The minimum absolute atomic E-state index is 0.0842. The number of carbonyl (C=O) groups is 1. The van der Waals surface area contributed by atoms with Gasteiger partial charge in [0.1, 0.15) is 0 Å². The Hall–Kier alpha value is -3.04. The number of nitrogens with zero attached hydrogens (tertiary/aromatic N) is 4. The van der Waals surface area contributed by atoms with E-state index in [1.54, 1.807) is 18.0 Å². The van der Waals surface area contributed by atoms with Gasteiger partial charge in [0, 0.05) is 43.1 Å². The molecule has 3 heterocycles. The lowest BCUT2D eigenvalue weighted by Crippen LogP contribution is -2.25. The van der Waals surface area contributed by atoms with Gasteiger partial charge in [-0.05, 0) is 24.6 Å². The highest BCUT2D eigenvalue weighted by atomic mass is 16.5. The van der Waals surface area contributed by atoms with Gasteiger partial charge in [0.15, 0.2) is 0 Å². The summed E-state index contributed by atoms with van der Waals surface area (Å²) in [6.07, 6.45) is 4.69. The van der Waals surface area contributed by atoms with E-state index in [1.807, 2.05) is 37.4 Å². The molecule has 1 fully saturated rings. The number of nitrogens with one attached hydrogen (secondary N) is 1. The molecule has 4 rings (SSSR count). The molecule has 158 valence electrons. The Bertz CT molecular complexity index is 999. The van der Waals surface area contributed by atoms with Gasteiger partial charge in [-0.15, -0.1) is 10.2 Å². The molecule has 0 radical (unpaired) electrons. The molecule has 2 aromatic heterocycles. The van der Waals surface area contributed by atoms with Gasteiger partial charge in [0.2, 0.25) is 17.7 Å². The van der Waals surface area contributed by atoms with E-state index in [1.165, 1.54) is 0 Å². The summed E-state index contributed by atoms with van der Waals surface area (Å²) < 4.78 is 18.4. The summed E-state index contributed by atoms with van der Waals surface area (Å²) in [5, 5.41) is 15.4. The smallest absolute Gasteiger partial charge is 0.247 e. The van der Waals surface area contributed by atoms with Crippen molar-refractivity contribution in [3.8, 4) is 11.5 Å². The highest BCUT2D eigenvalue weighted by Gasteiger charge is 2.36. The molecule has 9 nitrogen and oxygen atoms in total. The van der Waals surface area contributed by atoms with Gasteiger partial charge < -0.3 is 19.2 Å². The number of ether oxygens (including phenoxy) is 2. The summed E-state index contributed by atoms with van der Waals surface area (Å²) in [4.78, 5) is 13.0. The zero-order valence-electron chi connectivity index (χ0n) is 17.1. The molecule has 1 aliphatic heterocycles. The SMILES string of the molecule is CCc1nnc(-c2cccc(NC(=O)[C@H]3CCO[C@@H]3c3cnn(CCOC)c3)c2)o1. The lowest BCUT2D eigenvalue weighted by atomic mass is 9.96. The van der Waals surface area contributed by atoms with Crippen molar-refractivity contribution in [2.75, 3.05) is 25.6 Å². The Morgan fingerprint density at radius 3 is 3.07 bits per heavy atom. The molecule has 0 saturated carbocycles. The van der Waals surface area contributed by atoms with Crippen molar-refractivity contribution in [3.05, 3.63) is 48.1 Å². The standard InChI is InChI=1S/C21H25N5O4/c1-3-18-24-25-21(30-18)14-5-4-6-16(11-14)23-20(27)17-7-9-29-19(17)15-12-22-26(13-15)8-10-28-2/h4-6,11-13,17,19H,3,7-10H2,1-2H3,(H,23,27)/t17-,19+/m0/s1. The highest BCUT2D eigenvalue weighted by Crippen LogP contribution is 2.35. The average molecular weight is 411 g/mol. The second kappa shape index (κ2) is 9.19. The van der Waals surface area contributed by atoms with E-state index >= 15 is 0 Å². The minimum atomic E-state index is -0.312. The fraction of sp³-hybridized carbons (Fsp3) is 0.429. The van der Waals surface area contributed by atoms with Crippen LogP contribution in [-0.4, -0.2) is 46.2 Å². The van der Waals surface area contributed by atoms with Crippen LogP contribution in [0.2, 0.25) is 0 Å². The first kappa shape index (κ1) is 20.2. The van der Waals surface area contributed by atoms with Crippen molar-refractivity contribution in [1.29, 1.82) is 0 Å². The van der Waals surface area contributed by atoms with Crippen molar-refractivity contribution >= 4 is 11.6 Å². The average Bonchev–Trinajstić information content (AvgIpc) is 3.52. The Balaban J connectivity index is 1.45. The topological polar surface area (TPSA) is 104 Å². The van der Waals surface area contributed by atoms with E-state index in [0.717, 1.165) is 11.1 Å². The van der Waals surface area contributed by atoms with Crippen molar-refractivity contribution in [3.63, 3.8) is 0 Å². The normalized spacial score (nSPS) is 18.6. The third-order valence-electron chi connectivity index (χ3n) is 5.08. The van der Waals surface area contributed by atoms with Gasteiger partial charge in [0.25, 0.3) is 0 Å². The van der Waals surface area contributed by atoms with Crippen LogP contribution in [0.1, 0.15) is 30.9 Å². The molecule has 0 unspecified atom stereocenters. The third kappa shape index (κ3) is 4.42. The minimum Gasteiger partial charge on any atom is -0.421 e. The molecule has 1 saturated heterocycles. The van der Waals surface area contributed by atoms with Crippen LogP contribution in [0.15, 0.2) is 41.1 Å². The van der Waals surface area contributed by atoms with Gasteiger partial charge in [-0.1, -0.05) is 13.0 Å². The lowest BCUT2D eigenvalue weighted by Gasteiger charge is -2.17. The van der Waals surface area contributed by atoms with Crippen LogP contribution in [0, 0.1) is 5.92 Å². The summed E-state index contributed by atoms with van der Waals surface area (Å²) in [6.45, 7) is 3.72.